The third kappa shape index (κ3) is 6.24. The van der Waals surface area contributed by atoms with Crippen LogP contribution in [0.2, 0.25) is 0 Å². The maximum absolute atomic E-state index is 13.4. The lowest BCUT2D eigenvalue weighted by molar-refractivity contribution is 0.0935. The molecule has 8 heteroatoms. The summed E-state index contributed by atoms with van der Waals surface area (Å²) in [6.07, 6.45) is 2.29. The van der Waals surface area contributed by atoms with Gasteiger partial charge in [0, 0.05) is 26.7 Å². The molecule has 202 valence electrons. The maximum atomic E-state index is 13.4. The molecule has 3 aromatic carbocycles. The molecular weight excluding hydrogens is 516 g/mol. The van der Waals surface area contributed by atoms with Gasteiger partial charge in [0.1, 0.15) is 12.1 Å². The van der Waals surface area contributed by atoms with Crippen molar-refractivity contribution in [3.63, 3.8) is 0 Å². The Balaban J connectivity index is 1.50. The van der Waals surface area contributed by atoms with Crippen molar-refractivity contribution >= 4 is 45.9 Å². The standard InChI is InChI=1S/C32H32N6OS/c1-4-26(21-8-6-5-7-9-21)38-32(39)22-10-17-29(40-24-13-11-23(33)12-14-24)28(18-22)37-31-25-15-16-27(20(2)3)36-30(25)34-19-35-31/h5-20,26H,4,33H2,1-3H3,(H,38,39)(H,34,35,36,37)/t26-/m0/s1. The zero-order valence-corrected chi connectivity index (χ0v) is 23.6. The van der Waals surface area contributed by atoms with Crippen LogP contribution in [0.1, 0.15) is 60.8 Å². The summed E-state index contributed by atoms with van der Waals surface area (Å²) in [5, 5.41) is 7.47. The maximum Gasteiger partial charge on any atom is 0.251 e. The molecule has 0 spiro atoms. The molecule has 2 aromatic heterocycles. The molecule has 0 saturated carbocycles. The van der Waals surface area contributed by atoms with Gasteiger partial charge in [-0.1, -0.05) is 62.9 Å². The van der Waals surface area contributed by atoms with Crippen LogP contribution in [0.3, 0.4) is 0 Å². The molecule has 2 heterocycles. The lowest BCUT2D eigenvalue weighted by Gasteiger charge is -2.19. The van der Waals surface area contributed by atoms with E-state index < -0.39 is 0 Å². The van der Waals surface area contributed by atoms with Crippen molar-refractivity contribution < 1.29 is 4.79 Å². The Bertz CT molecular complexity index is 1620. The number of rotatable bonds is 9. The quantitative estimate of drug-likeness (QED) is 0.164. The molecule has 4 N–H and O–H groups in total. The second-order valence-corrected chi connectivity index (χ2v) is 11.0. The SMILES string of the molecule is CC[C@H](NC(=O)c1ccc(Sc2ccc(N)cc2)c(Nc2ncnc3nc(C(C)C)ccc23)c1)c1ccccc1. The highest BCUT2D eigenvalue weighted by atomic mass is 32.2. The van der Waals surface area contributed by atoms with Gasteiger partial charge in [0.05, 0.1) is 17.1 Å². The Kier molecular flexibility index (Phi) is 8.26. The first-order chi connectivity index (χ1) is 19.4. The normalized spacial score (nSPS) is 11.9. The number of pyridine rings is 1. The zero-order chi connectivity index (χ0) is 28.1. The molecule has 5 rings (SSSR count). The fourth-order valence-corrected chi connectivity index (χ4v) is 5.26. The minimum atomic E-state index is -0.140. The molecule has 0 saturated heterocycles. The smallest absolute Gasteiger partial charge is 0.251 e. The Hall–Kier alpha value is -4.43. The van der Waals surface area contributed by atoms with E-state index in [1.54, 1.807) is 11.8 Å². The number of nitrogens with zero attached hydrogens (tertiary/aromatic N) is 3. The summed E-state index contributed by atoms with van der Waals surface area (Å²) < 4.78 is 0. The molecule has 1 atom stereocenters. The number of hydrogen-bond donors (Lipinski definition) is 3. The molecule has 7 nitrogen and oxygen atoms in total. The van der Waals surface area contributed by atoms with Crippen LogP contribution >= 0.6 is 11.8 Å². The Labute approximate surface area is 238 Å². The van der Waals surface area contributed by atoms with Gasteiger partial charge < -0.3 is 16.4 Å². The lowest BCUT2D eigenvalue weighted by atomic mass is 10.0. The number of nitrogens with one attached hydrogen (secondary N) is 2. The Morgan fingerprint density at radius 1 is 0.950 bits per heavy atom. The van der Waals surface area contributed by atoms with Crippen LogP contribution in [0.5, 0.6) is 0 Å². The van der Waals surface area contributed by atoms with Crippen LogP contribution in [-0.2, 0) is 0 Å². The van der Waals surface area contributed by atoms with Gasteiger partial charge in [0.2, 0.25) is 0 Å². The summed E-state index contributed by atoms with van der Waals surface area (Å²) in [5.41, 5.74) is 10.6. The van der Waals surface area contributed by atoms with Crippen molar-refractivity contribution in [1.29, 1.82) is 0 Å². The molecule has 0 aliphatic heterocycles. The highest BCUT2D eigenvalue weighted by Gasteiger charge is 2.17. The molecule has 0 aliphatic carbocycles. The van der Waals surface area contributed by atoms with E-state index in [-0.39, 0.29) is 17.9 Å². The van der Waals surface area contributed by atoms with Gasteiger partial charge in [-0.2, -0.15) is 0 Å². The van der Waals surface area contributed by atoms with Crippen LogP contribution in [0.4, 0.5) is 17.2 Å². The Morgan fingerprint density at radius 2 is 1.73 bits per heavy atom. The monoisotopic (exact) mass is 548 g/mol. The fourth-order valence-electron chi connectivity index (χ4n) is 4.37. The van der Waals surface area contributed by atoms with Gasteiger partial charge in [-0.3, -0.25) is 4.79 Å². The van der Waals surface area contributed by atoms with Gasteiger partial charge in [0.25, 0.3) is 5.91 Å². The topological polar surface area (TPSA) is 106 Å². The van der Waals surface area contributed by atoms with Crippen molar-refractivity contribution in [3.8, 4) is 0 Å². The van der Waals surface area contributed by atoms with E-state index in [2.05, 4.69) is 41.4 Å². The third-order valence-electron chi connectivity index (χ3n) is 6.63. The number of carbonyl (C=O) groups is 1. The first kappa shape index (κ1) is 27.1. The van der Waals surface area contributed by atoms with Gasteiger partial charge in [0.15, 0.2) is 5.65 Å². The largest absolute Gasteiger partial charge is 0.399 e. The van der Waals surface area contributed by atoms with E-state index in [9.17, 15) is 4.79 Å². The van der Waals surface area contributed by atoms with Gasteiger partial charge in [-0.05, 0) is 72.5 Å². The molecule has 5 aromatic rings. The van der Waals surface area contributed by atoms with Crippen molar-refractivity contribution in [2.24, 2.45) is 0 Å². The Morgan fingerprint density at radius 3 is 2.45 bits per heavy atom. The first-order valence-corrected chi connectivity index (χ1v) is 14.1. The third-order valence-corrected chi connectivity index (χ3v) is 7.71. The molecule has 1 amide bonds. The number of anilines is 3. The van der Waals surface area contributed by atoms with Gasteiger partial charge in [-0.15, -0.1) is 0 Å². The molecule has 0 unspecified atom stereocenters. The second kappa shape index (κ2) is 12.2. The van der Waals surface area contributed by atoms with E-state index in [1.165, 1.54) is 6.33 Å². The predicted octanol–water partition coefficient (Wildman–Crippen LogP) is 7.51. The van der Waals surface area contributed by atoms with E-state index in [4.69, 9.17) is 10.7 Å². The number of benzene rings is 3. The van der Waals surface area contributed by atoms with Crippen LogP contribution in [0.15, 0.2) is 101 Å². The van der Waals surface area contributed by atoms with Crippen LogP contribution in [-0.4, -0.2) is 20.9 Å². The average molecular weight is 549 g/mol. The summed E-state index contributed by atoms with van der Waals surface area (Å²) in [4.78, 5) is 29.0. The minimum absolute atomic E-state index is 0.0824. The highest BCUT2D eigenvalue weighted by Crippen LogP contribution is 2.37. The first-order valence-electron chi connectivity index (χ1n) is 13.3. The summed E-state index contributed by atoms with van der Waals surface area (Å²) >= 11 is 1.58. The number of nitrogen functional groups attached to an aromatic ring is 1. The van der Waals surface area contributed by atoms with Crippen molar-refractivity contribution in [1.82, 2.24) is 20.3 Å². The summed E-state index contributed by atoms with van der Waals surface area (Å²) in [7, 11) is 0. The van der Waals surface area contributed by atoms with Gasteiger partial charge >= 0.3 is 0 Å². The molecule has 0 fully saturated rings. The lowest BCUT2D eigenvalue weighted by Crippen LogP contribution is -2.28. The van der Waals surface area contributed by atoms with E-state index in [0.29, 0.717) is 22.7 Å². The van der Waals surface area contributed by atoms with Crippen molar-refractivity contribution in [2.45, 2.75) is 48.9 Å². The van der Waals surface area contributed by atoms with E-state index >= 15 is 0 Å². The molecule has 0 bridgehead atoms. The van der Waals surface area contributed by atoms with Crippen molar-refractivity contribution in [2.75, 3.05) is 11.1 Å². The average Bonchev–Trinajstić information content (AvgIpc) is 2.98. The second-order valence-electron chi connectivity index (χ2n) is 9.84. The van der Waals surface area contributed by atoms with E-state index in [1.807, 2.05) is 84.9 Å². The number of nitrogens with two attached hydrogens (primary N) is 1. The molecule has 0 radical (unpaired) electrons. The van der Waals surface area contributed by atoms with Gasteiger partial charge in [-0.25, -0.2) is 15.0 Å². The highest BCUT2D eigenvalue weighted by molar-refractivity contribution is 7.99. The van der Waals surface area contributed by atoms with Crippen LogP contribution < -0.4 is 16.4 Å². The number of carbonyl (C=O) groups excluding carboxylic acids is 1. The number of fused-ring (bicyclic) bond motifs is 1. The van der Waals surface area contributed by atoms with Crippen LogP contribution in [0, 0.1) is 0 Å². The van der Waals surface area contributed by atoms with Crippen molar-refractivity contribution in [3.05, 3.63) is 108 Å². The summed E-state index contributed by atoms with van der Waals surface area (Å²) in [6, 6.07) is 27.3. The zero-order valence-electron chi connectivity index (χ0n) is 22.8. The van der Waals surface area contributed by atoms with E-state index in [0.717, 1.165) is 38.5 Å². The molecular formula is C32H32N6OS. The molecule has 0 aliphatic rings. The fraction of sp³-hybridized carbons (Fsp3) is 0.188. The number of aromatic nitrogens is 3. The molecule has 40 heavy (non-hydrogen) atoms. The predicted molar refractivity (Wildman–Crippen MR) is 163 cm³/mol. The summed E-state index contributed by atoms with van der Waals surface area (Å²) in [5.74, 6) is 0.774. The van der Waals surface area contributed by atoms with Crippen LogP contribution in [0.25, 0.3) is 11.0 Å². The number of amides is 1. The summed E-state index contributed by atoms with van der Waals surface area (Å²) in [6.45, 7) is 6.27. The number of hydrogen-bond acceptors (Lipinski definition) is 7. The minimum Gasteiger partial charge on any atom is -0.399 e.